The van der Waals surface area contributed by atoms with Gasteiger partial charge < -0.3 is 4.74 Å². The molecule has 0 amide bonds. The van der Waals surface area contributed by atoms with Crippen molar-refractivity contribution in [3.63, 3.8) is 0 Å². The number of nitrogens with one attached hydrogen (secondary N) is 1. The van der Waals surface area contributed by atoms with Gasteiger partial charge in [0.25, 0.3) is 5.56 Å². The zero-order valence-electron chi connectivity index (χ0n) is 15.2. The third kappa shape index (κ3) is 3.40. The molecule has 1 aliphatic heterocycles. The highest BCUT2D eigenvalue weighted by atomic mass is 32.2. The van der Waals surface area contributed by atoms with Gasteiger partial charge in [0.15, 0.2) is 5.82 Å². The molecule has 27 heavy (non-hydrogen) atoms. The van der Waals surface area contributed by atoms with Crippen molar-refractivity contribution in [2.24, 2.45) is 4.99 Å². The Balaban J connectivity index is 1.74. The van der Waals surface area contributed by atoms with E-state index in [1.807, 2.05) is 49.7 Å². The number of benzene rings is 1. The third-order valence-corrected chi connectivity index (χ3v) is 5.35. The highest BCUT2D eigenvalue weighted by molar-refractivity contribution is 8.14. The summed E-state index contributed by atoms with van der Waals surface area (Å²) in [4.78, 5) is 25.4. The van der Waals surface area contributed by atoms with Gasteiger partial charge in [-0.1, -0.05) is 23.9 Å². The summed E-state index contributed by atoms with van der Waals surface area (Å²) in [7, 11) is 0. The zero-order chi connectivity index (χ0) is 19.0. The van der Waals surface area contributed by atoms with E-state index in [4.69, 9.17) is 4.74 Å². The van der Waals surface area contributed by atoms with Gasteiger partial charge in [0.05, 0.1) is 15.9 Å². The second-order valence-corrected chi connectivity index (χ2v) is 7.77. The topological polar surface area (TPSA) is 85.2 Å². The van der Waals surface area contributed by atoms with Crippen molar-refractivity contribution in [2.45, 2.75) is 32.1 Å². The molecule has 0 saturated heterocycles. The largest absolute Gasteiger partial charge is 0.424 e. The van der Waals surface area contributed by atoms with Crippen molar-refractivity contribution in [3.05, 3.63) is 64.2 Å². The molecule has 0 aliphatic carbocycles. The van der Waals surface area contributed by atoms with Gasteiger partial charge in [-0.15, -0.1) is 0 Å². The van der Waals surface area contributed by atoms with Crippen LogP contribution in [0.5, 0.6) is 11.8 Å². The fraction of sp³-hybridized carbons (Fsp3) is 0.263. The Kier molecular flexibility index (Phi) is 4.57. The molecule has 0 fully saturated rings. The van der Waals surface area contributed by atoms with Gasteiger partial charge in [-0.2, -0.15) is 0 Å². The summed E-state index contributed by atoms with van der Waals surface area (Å²) in [6.45, 7) is 6.00. The van der Waals surface area contributed by atoms with Crippen LogP contribution in [-0.4, -0.2) is 24.8 Å². The van der Waals surface area contributed by atoms with E-state index in [2.05, 4.69) is 20.1 Å². The molecule has 1 N–H and O–H groups in total. The van der Waals surface area contributed by atoms with E-state index in [0.29, 0.717) is 17.1 Å². The van der Waals surface area contributed by atoms with Gasteiger partial charge in [-0.25, -0.2) is 15.0 Å². The van der Waals surface area contributed by atoms with Crippen LogP contribution in [0.2, 0.25) is 0 Å². The molecule has 0 spiro atoms. The SMILES string of the molecule is CC1=Nc2c(c(=O)[nH]n2C(C)C)C(c2cccc(Oc3ncccn3)c2)S1. The maximum Gasteiger partial charge on any atom is 0.321 e. The Morgan fingerprint density at radius 2 is 2.00 bits per heavy atom. The second kappa shape index (κ2) is 7.03. The Labute approximate surface area is 160 Å². The standard InChI is InChI=1S/C19H19N5O2S/c1-11(2)24-17-15(18(25)23-24)16(27-12(3)22-17)13-6-4-7-14(10-13)26-19-20-8-5-9-21-19/h4-11,16H,1-3H3,(H,23,25). The van der Waals surface area contributed by atoms with E-state index >= 15 is 0 Å². The highest BCUT2D eigenvalue weighted by Gasteiger charge is 2.30. The van der Waals surface area contributed by atoms with Crippen molar-refractivity contribution >= 4 is 22.6 Å². The fourth-order valence-electron chi connectivity index (χ4n) is 3.00. The molecular weight excluding hydrogens is 362 g/mol. The second-order valence-electron chi connectivity index (χ2n) is 6.48. The average Bonchev–Trinajstić information content (AvgIpc) is 2.99. The van der Waals surface area contributed by atoms with Crippen molar-refractivity contribution in [1.29, 1.82) is 0 Å². The minimum absolute atomic E-state index is 0.106. The molecule has 0 bridgehead atoms. The van der Waals surface area contributed by atoms with Crippen molar-refractivity contribution in [2.75, 3.05) is 0 Å². The normalized spacial score (nSPS) is 16.1. The highest BCUT2D eigenvalue weighted by Crippen LogP contribution is 2.44. The van der Waals surface area contributed by atoms with E-state index in [1.165, 1.54) is 0 Å². The van der Waals surface area contributed by atoms with Gasteiger partial charge in [0, 0.05) is 18.4 Å². The number of rotatable bonds is 4. The molecule has 1 unspecified atom stereocenters. The number of hydrogen-bond acceptors (Lipinski definition) is 6. The molecule has 4 rings (SSSR count). The van der Waals surface area contributed by atoms with E-state index in [0.717, 1.165) is 10.6 Å². The van der Waals surface area contributed by atoms with Gasteiger partial charge in [-0.05, 0) is 44.5 Å². The number of aromatic amines is 1. The van der Waals surface area contributed by atoms with Crippen LogP contribution in [0.15, 0.2) is 52.5 Å². The molecule has 3 aromatic rings. The molecule has 0 radical (unpaired) electrons. The molecule has 7 nitrogen and oxygen atoms in total. The first-order valence-corrected chi connectivity index (χ1v) is 9.52. The first-order valence-electron chi connectivity index (χ1n) is 8.64. The monoisotopic (exact) mass is 381 g/mol. The molecule has 1 aliphatic rings. The number of aromatic nitrogens is 4. The van der Waals surface area contributed by atoms with E-state index < -0.39 is 0 Å². The third-order valence-electron chi connectivity index (χ3n) is 4.18. The van der Waals surface area contributed by atoms with E-state index in [9.17, 15) is 4.79 Å². The maximum atomic E-state index is 12.6. The Morgan fingerprint density at radius 3 is 2.74 bits per heavy atom. The molecule has 1 atom stereocenters. The van der Waals surface area contributed by atoms with E-state index in [-0.39, 0.29) is 22.9 Å². The Hall–Kier alpha value is -2.87. The fourth-order valence-corrected chi connectivity index (χ4v) is 4.10. The lowest BCUT2D eigenvalue weighted by Gasteiger charge is -2.21. The maximum absolute atomic E-state index is 12.6. The van der Waals surface area contributed by atoms with Gasteiger partial charge in [0.1, 0.15) is 5.75 Å². The summed E-state index contributed by atoms with van der Waals surface area (Å²) >= 11 is 1.57. The van der Waals surface area contributed by atoms with Gasteiger partial charge >= 0.3 is 6.01 Å². The van der Waals surface area contributed by atoms with Crippen LogP contribution in [-0.2, 0) is 0 Å². The molecular formula is C19H19N5O2S. The van der Waals surface area contributed by atoms with Crippen LogP contribution < -0.4 is 10.3 Å². The summed E-state index contributed by atoms with van der Waals surface area (Å²) in [5.41, 5.74) is 1.54. The molecule has 0 saturated carbocycles. The van der Waals surface area contributed by atoms with Crippen LogP contribution in [0.4, 0.5) is 5.82 Å². The van der Waals surface area contributed by atoms with Crippen LogP contribution in [0.1, 0.15) is 43.2 Å². The summed E-state index contributed by atoms with van der Waals surface area (Å²) in [5.74, 6) is 1.33. The van der Waals surface area contributed by atoms with Gasteiger partial charge in [0.2, 0.25) is 0 Å². The van der Waals surface area contributed by atoms with Crippen LogP contribution in [0, 0.1) is 0 Å². The smallest absolute Gasteiger partial charge is 0.321 e. The lowest BCUT2D eigenvalue weighted by Crippen LogP contribution is -2.13. The predicted molar refractivity (Wildman–Crippen MR) is 106 cm³/mol. The quantitative estimate of drug-likeness (QED) is 0.731. The molecule has 8 heteroatoms. The number of ether oxygens (including phenoxy) is 1. The lowest BCUT2D eigenvalue weighted by atomic mass is 10.1. The van der Waals surface area contributed by atoms with Gasteiger partial charge in [-0.3, -0.25) is 14.6 Å². The Morgan fingerprint density at radius 1 is 1.22 bits per heavy atom. The minimum Gasteiger partial charge on any atom is -0.424 e. The summed E-state index contributed by atoms with van der Waals surface area (Å²) in [6.07, 6.45) is 3.26. The minimum atomic E-state index is -0.151. The van der Waals surface area contributed by atoms with Crippen molar-refractivity contribution in [1.82, 2.24) is 19.7 Å². The Bertz CT molecular complexity index is 1060. The summed E-state index contributed by atoms with van der Waals surface area (Å²) in [5, 5.41) is 3.68. The molecule has 3 heterocycles. The zero-order valence-corrected chi connectivity index (χ0v) is 16.0. The van der Waals surface area contributed by atoms with Crippen molar-refractivity contribution < 1.29 is 4.74 Å². The predicted octanol–water partition coefficient (Wildman–Crippen LogP) is 4.23. The molecule has 2 aromatic heterocycles. The van der Waals surface area contributed by atoms with Crippen LogP contribution >= 0.6 is 11.8 Å². The van der Waals surface area contributed by atoms with Crippen LogP contribution in [0.25, 0.3) is 0 Å². The molecule has 1 aromatic carbocycles. The lowest BCUT2D eigenvalue weighted by molar-refractivity contribution is 0.441. The number of fused-ring (bicyclic) bond motifs is 1. The number of hydrogen-bond donors (Lipinski definition) is 1. The number of nitrogens with zero attached hydrogens (tertiary/aromatic N) is 4. The number of thioether (sulfide) groups is 1. The number of H-pyrrole nitrogens is 1. The average molecular weight is 381 g/mol. The summed E-state index contributed by atoms with van der Waals surface area (Å²) < 4.78 is 7.57. The van der Waals surface area contributed by atoms with E-state index in [1.54, 1.807) is 30.2 Å². The van der Waals surface area contributed by atoms with Crippen molar-refractivity contribution in [3.8, 4) is 11.8 Å². The molecule has 138 valence electrons. The summed E-state index contributed by atoms with van der Waals surface area (Å²) in [6, 6.07) is 9.80. The first-order chi connectivity index (χ1) is 13.0. The first kappa shape index (κ1) is 17.5. The van der Waals surface area contributed by atoms with Crippen LogP contribution in [0.3, 0.4) is 0 Å². The number of aliphatic imine (C=N–C) groups is 1.